The van der Waals surface area contributed by atoms with Crippen molar-refractivity contribution in [3.8, 4) is 0 Å². The van der Waals surface area contributed by atoms with Crippen molar-refractivity contribution in [2.75, 3.05) is 13.1 Å². The molecule has 1 aliphatic rings. The van der Waals surface area contributed by atoms with E-state index < -0.39 is 16.0 Å². The summed E-state index contributed by atoms with van der Waals surface area (Å²) in [4.78, 5) is 10.5. The van der Waals surface area contributed by atoms with Gasteiger partial charge in [0.05, 0.1) is 16.5 Å². The number of carboxylic acids is 1. The summed E-state index contributed by atoms with van der Waals surface area (Å²) in [5.74, 6) is -1.08. The number of halogens is 2. The summed E-state index contributed by atoms with van der Waals surface area (Å²) in [5, 5.41) is 8.79. The van der Waals surface area contributed by atoms with Crippen molar-refractivity contribution >= 4 is 39.2 Å². The molecule has 0 bridgehead atoms. The van der Waals surface area contributed by atoms with E-state index in [1.54, 1.807) is 0 Å². The van der Waals surface area contributed by atoms with Crippen LogP contribution in [-0.4, -0.2) is 36.9 Å². The van der Waals surface area contributed by atoms with Crippen LogP contribution in [0.4, 0.5) is 0 Å². The van der Waals surface area contributed by atoms with Gasteiger partial charge in [0.25, 0.3) is 0 Å². The Hall–Kier alpha value is -0.820. The van der Waals surface area contributed by atoms with Gasteiger partial charge in [-0.25, -0.2) is 8.42 Å². The third-order valence-corrected chi connectivity index (χ3v) is 5.73. The number of benzene rings is 1. The van der Waals surface area contributed by atoms with Crippen molar-refractivity contribution in [3.63, 3.8) is 0 Å². The molecule has 1 aliphatic heterocycles. The van der Waals surface area contributed by atoms with Gasteiger partial charge in [0.15, 0.2) is 0 Å². The Labute approximate surface area is 120 Å². The molecule has 1 aromatic rings. The third kappa shape index (κ3) is 2.86. The first kappa shape index (κ1) is 14.6. The largest absolute Gasteiger partial charge is 0.481 e. The Balaban J connectivity index is 2.17. The van der Waals surface area contributed by atoms with Crippen LogP contribution >= 0.6 is 23.2 Å². The van der Waals surface area contributed by atoms with Gasteiger partial charge in [0, 0.05) is 13.1 Å². The van der Waals surface area contributed by atoms with Gasteiger partial charge in [0.1, 0.15) is 4.90 Å². The monoisotopic (exact) mass is 323 g/mol. The fraction of sp³-hybridized carbons (Fsp3) is 0.364. The summed E-state index contributed by atoms with van der Waals surface area (Å²) in [6.07, 6.45) is -0.0324. The lowest BCUT2D eigenvalue weighted by Crippen LogP contribution is -2.50. The number of sulfonamides is 1. The van der Waals surface area contributed by atoms with Crippen LogP contribution in [0.15, 0.2) is 23.1 Å². The topological polar surface area (TPSA) is 74.7 Å². The lowest BCUT2D eigenvalue weighted by atomic mass is 10.00. The summed E-state index contributed by atoms with van der Waals surface area (Å²) in [6, 6.07) is 4.40. The Morgan fingerprint density at radius 1 is 1.37 bits per heavy atom. The van der Waals surface area contributed by atoms with Gasteiger partial charge in [-0.3, -0.25) is 4.79 Å². The van der Waals surface area contributed by atoms with Crippen LogP contribution in [0.2, 0.25) is 10.0 Å². The molecular weight excluding hydrogens is 313 g/mol. The zero-order valence-corrected chi connectivity index (χ0v) is 12.0. The quantitative estimate of drug-likeness (QED) is 0.920. The second kappa shape index (κ2) is 5.28. The second-order valence-corrected chi connectivity index (χ2v) is 7.03. The normalized spacial score (nSPS) is 17.2. The zero-order valence-electron chi connectivity index (χ0n) is 9.71. The van der Waals surface area contributed by atoms with E-state index in [9.17, 15) is 13.2 Å². The van der Waals surface area contributed by atoms with E-state index in [-0.39, 0.29) is 40.4 Å². The molecule has 0 atom stereocenters. The molecule has 104 valence electrons. The molecule has 0 amide bonds. The summed E-state index contributed by atoms with van der Waals surface area (Å²) >= 11 is 11.7. The number of carbonyl (C=O) groups is 1. The molecule has 0 saturated carbocycles. The SMILES string of the molecule is O=C(O)CC1CN(S(=O)(=O)c2cccc(Cl)c2Cl)C1. The minimum Gasteiger partial charge on any atom is -0.481 e. The molecule has 0 aromatic heterocycles. The molecule has 1 aromatic carbocycles. The molecule has 5 nitrogen and oxygen atoms in total. The van der Waals surface area contributed by atoms with Crippen LogP contribution in [0.25, 0.3) is 0 Å². The maximum absolute atomic E-state index is 12.3. The van der Waals surface area contributed by atoms with Crippen molar-refractivity contribution in [1.82, 2.24) is 4.31 Å². The highest BCUT2D eigenvalue weighted by Gasteiger charge is 2.38. The molecule has 0 unspecified atom stereocenters. The van der Waals surface area contributed by atoms with Crippen LogP contribution in [-0.2, 0) is 14.8 Å². The van der Waals surface area contributed by atoms with Crippen molar-refractivity contribution < 1.29 is 18.3 Å². The molecule has 0 radical (unpaired) electrons. The molecule has 8 heteroatoms. The first-order valence-electron chi connectivity index (χ1n) is 5.48. The maximum atomic E-state index is 12.3. The van der Waals surface area contributed by atoms with Crippen molar-refractivity contribution in [3.05, 3.63) is 28.2 Å². The lowest BCUT2D eigenvalue weighted by Gasteiger charge is -2.37. The van der Waals surface area contributed by atoms with Gasteiger partial charge in [-0.2, -0.15) is 4.31 Å². The van der Waals surface area contributed by atoms with Crippen LogP contribution < -0.4 is 0 Å². The van der Waals surface area contributed by atoms with Crippen LogP contribution in [0.1, 0.15) is 6.42 Å². The molecule has 19 heavy (non-hydrogen) atoms. The number of nitrogens with zero attached hydrogens (tertiary/aromatic N) is 1. The highest BCUT2D eigenvalue weighted by Crippen LogP contribution is 2.34. The molecule has 0 aliphatic carbocycles. The Bertz CT molecular complexity index is 611. The third-order valence-electron chi connectivity index (χ3n) is 2.92. The summed E-state index contributed by atoms with van der Waals surface area (Å²) in [7, 11) is -3.70. The molecular formula is C11H11Cl2NO4S. The highest BCUT2D eigenvalue weighted by atomic mass is 35.5. The lowest BCUT2D eigenvalue weighted by molar-refractivity contribution is -0.139. The number of carboxylic acid groups (broad SMARTS) is 1. The highest BCUT2D eigenvalue weighted by molar-refractivity contribution is 7.89. The zero-order chi connectivity index (χ0) is 14.2. The fourth-order valence-electron chi connectivity index (χ4n) is 1.92. The fourth-order valence-corrected chi connectivity index (χ4v) is 4.25. The predicted molar refractivity (Wildman–Crippen MR) is 71.0 cm³/mol. The first-order chi connectivity index (χ1) is 8.82. The molecule has 1 fully saturated rings. The Morgan fingerprint density at radius 3 is 2.58 bits per heavy atom. The van der Waals surface area contributed by atoms with E-state index in [2.05, 4.69) is 0 Å². The molecule has 1 N–H and O–H groups in total. The van der Waals surface area contributed by atoms with Gasteiger partial charge in [0.2, 0.25) is 10.0 Å². The summed E-state index contributed by atoms with van der Waals surface area (Å²) < 4.78 is 25.7. The number of hydrogen-bond acceptors (Lipinski definition) is 3. The minimum atomic E-state index is -3.70. The van der Waals surface area contributed by atoms with Crippen molar-refractivity contribution in [1.29, 1.82) is 0 Å². The standard InChI is InChI=1S/C11H11Cl2NO4S/c12-8-2-1-3-9(11(8)13)19(17,18)14-5-7(6-14)4-10(15)16/h1-3,7H,4-6H2,(H,15,16). The van der Waals surface area contributed by atoms with E-state index in [0.29, 0.717) is 0 Å². The Kier molecular flexibility index (Phi) is 4.06. The van der Waals surface area contributed by atoms with Crippen LogP contribution in [0.3, 0.4) is 0 Å². The molecule has 1 saturated heterocycles. The van der Waals surface area contributed by atoms with Crippen molar-refractivity contribution in [2.24, 2.45) is 5.92 Å². The van der Waals surface area contributed by atoms with Gasteiger partial charge in [-0.05, 0) is 18.1 Å². The molecule has 2 rings (SSSR count). The average molecular weight is 324 g/mol. The van der Waals surface area contributed by atoms with E-state index in [4.69, 9.17) is 28.3 Å². The first-order valence-corrected chi connectivity index (χ1v) is 7.68. The van der Waals surface area contributed by atoms with Gasteiger partial charge in [-0.1, -0.05) is 29.3 Å². The number of aliphatic carboxylic acids is 1. The Morgan fingerprint density at radius 2 is 2.00 bits per heavy atom. The number of hydrogen-bond donors (Lipinski definition) is 1. The predicted octanol–water partition coefficient (Wildman–Crippen LogP) is 2.09. The van der Waals surface area contributed by atoms with E-state index in [0.717, 1.165) is 0 Å². The molecule has 0 spiro atoms. The van der Waals surface area contributed by atoms with E-state index in [1.165, 1.54) is 22.5 Å². The summed E-state index contributed by atoms with van der Waals surface area (Å²) in [6.45, 7) is 0.384. The van der Waals surface area contributed by atoms with Crippen LogP contribution in [0, 0.1) is 5.92 Å². The summed E-state index contributed by atoms with van der Waals surface area (Å²) in [5.41, 5.74) is 0. The smallest absolute Gasteiger partial charge is 0.303 e. The van der Waals surface area contributed by atoms with Gasteiger partial charge in [-0.15, -0.1) is 0 Å². The average Bonchev–Trinajstić information content (AvgIpc) is 2.26. The van der Waals surface area contributed by atoms with Gasteiger partial charge < -0.3 is 5.11 Å². The second-order valence-electron chi connectivity index (χ2n) is 4.34. The van der Waals surface area contributed by atoms with Crippen LogP contribution in [0.5, 0.6) is 0 Å². The van der Waals surface area contributed by atoms with E-state index >= 15 is 0 Å². The van der Waals surface area contributed by atoms with Gasteiger partial charge >= 0.3 is 5.97 Å². The molecule has 1 heterocycles. The number of rotatable bonds is 4. The minimum absolute atomic E-state index is 0.00847. The van der Waals surface area contributed by atoms with E-state index in [1.807, 2.05) is 0 Å². The van der Waals surface area contributed by atoms with Crippen molar-refractivity contribution in [2.45, 2.75) is 11.3 Å². The maximum Gasteiger partial charge on any atom is 0.303 e.